The molecule has 0 aliphatic carbocycles. The Morgan fingerprint density at radius 2 is 2.12 bits per heavy atom. The topological polar surface area (TPSA) is 45.7 Å². The Kier molecular flexibility index (Phi) is 6.21. The monoisotopic (exact) mass is 333 g/mol. The molecule has 1 aliphatic heterocycles. The highest BCUT2D eigenvalue weighted by molar-refractivity contribution is 5.86. The zero-order valence-corrected chi connectivity index (χ0v) is 15.7. The van der Waals surface area contributed by atoms with E-state index in [1.54, 1.807) is 4.90 Å². The number of hydrogen-bond acceptors (Lipinski definition) is 4. The van der Waals surface area contributed by atoms with Gasteiger partial charge in [0.2, 0.25) is 0 Å². The lowest BCUT2D eigenvalue weighted by molar-refractivity contribution is 0.0579. The number of carbonyl (C=O) groups is 1. The van der Waals surface area contributed by atoms with Crippen LogP contribution in [0, 0.1) is 0 Å². The number of amides is 1. The zero-order chi connectivity index (χ0) is 17.7. The number of aromatic nitrogens is 1. The average molecular weight is 333 g/mol. The fraction of sp³-hybridized carbons (Fsp3) is 0.684. The summed E-state index contributed by atoms with van der Waals surface area (Å²) in [5, 5.41) is 0. The molecular formula is C19H31N3O2. The van der Waals surface area contributed by atoms with Crippen molar-refractivity contribution in [3.05, 3.63) is 23.9 Å². The number of ether oxygens (including phenoxy) is 1. The van der Waals surface area contributed by atoms with E-state index in [9.17, 15) is 4.79 Å². The largest absolute Gasteiger partial charge is 0.443 e. The zero-order valence-electron chi connectivity index (χ0n) is 15.7. The number of rotatable bonds is 5. The number of likely N-dealkylation sites (tertiary alicyclic amines) is 1. The summed E-state index contributed by atoms with van der Waals surface area (Å²) in [4.78, 5) is 21.1. The molecule has 1 atom stereocenters. The van der Waals surface area contributed by atoms with E-state index in [1.165, 1.54) is 18.4 Å². The molecule has 1 unspecified atom stereocenters. The SMILES string of the molecule is CCCN(C(=O)OC(C)(C)C)c1ccc(C2CCCN2CC)cn1. The molecule has 1 amide bonds. The van der Waals surface area contributed by atoms with E-state index in [0.29, 0.717) is 18.4 Å². The van der Waals surface area contributed by atoms with Crippen LogP contribution in [0.5, 0.6) is 0 Å². The first-order valence-electron chi connectivity index (χ1n) is 9.06. The molecule has 5 heteroatoms. The predicted octanol–water partition coefficient (Wildman–Crippen LogP) is 4.39. The molecule has 5 nitrogen and oxygen atoms in total. The molecule has 0 aromatic carbocycles. The maximum Gasteiger partial charge on any atom is 0.416 e. The van der Waals surface area contributed by atoms with Gasteiger partial charge in [-0.25, -0.2) is 9.78 Å². The Morgan fingerprint density at radius 3 is 2.67 bits per heavy atom. The quantitative estimate of drug-likeness (QED) is 0.801. The second kappa shape index (κ2) is 7.97. The van der Waals surface area contributed by atoms with Gasteiger partial charge in [0.05, 0.1) is 0 Å². The third-order valence-corrected chi connectivity index (χ3v) is 4.26. The molecule has 0 bridgehead atoms. The van der Waals surface area contributed by atoms with Gasteiger partial charge in [-0.1, -0.05) is 19.9 Å². The van der Waals surface area contributed by atoms with E-state index in [1.807, 2.05) is 40.0 Å². The van der Waals surface area contributed by atoms with Crippen LogP contribution in [0.25, 0.3) is 0 Å². The van der Waals surface area contributed by atoms with Crippen LogP contribution in [0.4, 0.5) is 10.6 Å². The fourth-order valence-electron chi connectivity index (χ4n) is 3.18. The van der Waals surface area contributed by atoms with Gasteiger partial charge in [-0.05, 0) is 64.8 Å². The molecule has 24 heavy (non-hydrogen) atoms. The van der Waals surface area contributed by atoms with Crippen LogP contribution >= 0.6 is 0 Å². The molecule has 0 spiro atoms. The molecule has 0 N–H and O–H groups in total. The van der Waals surface area contributed by atoms with Gasteiger partial charge in [-0.3, -0.25) is 9.80 Å². The van der Waals surface area contributed by atoms with E-state index in [2.05, 4.69) is 22.9 Å². The van der Waals surface area contributed by atoms with E-state index >= 15 is 0 Å². The van der Waals surface area contributed by atoms with Gasteiger partial charge in [0.25, 0.3) is 0 Å². The number of nitrogens with zero attached hydrogens (tertiary/aromatic N) is 3. The summed E-state index contributed by atoms with van der Waals surface area (Å²) in [6.45, 7) is 12.7. The highest BCUT2D eigenvalue weighted by Crippen LogP contribution is 2.31. The molecule has 1 aromatic rings. The fourth-order valence-corrected chi connectivity index (χ4v) is 3.18. The van der Waals surface area contributed by atoms with Gasteiger partial charge in [0.15, 0.2) is 0 Å². The summed E-state index contributed by atoms with van der Waals surface area (Å²) in [5.74, 6) is 0.663. The van der Waals surface area contributed by atoms with Gasteiger partial charge in [0, 0.05) is 18.8 Å². The Labute approximate surface area is 146 Å². The van der Waals surface area contributed by atoms with Crippen molar-refractivity contribution < 1.29 is 9.53 Å². The van der Waals surface area contributed by atoms with E-state index in [4.69, 9.17) is 4.74 Å². The van der Waals surface area contributed by atoms with Gasteiger partial charge < -0.3 is 4.74 Å². The lowest BCUT2D eigenvalue weighted by Gasteiger charge is -2.27. The molecule has 1 saturated heterocycles. The molecule has 1 fully saturated rings. The molecule has 2 rings (SSSR count). The number of pyridine rings is 1. The van der Waals surface area contributed by atoms with Crippen molar-refractivity contribution in [2.24, 2.45) is 0 Å². The molecular weight excluding hydrogens is 302 g/mol. The minimum atomic E-state index is -0.505. The van der Waals surface area contributed by atoms with Crippen molar-refractivity contribution in [1.29, 1.82) is 0 Å². The first kappa shape index (κ1) is 18.7. The number of carbonyl (C=O) groups excluding carboxylic acids is 1. The van der Waals surface area contributed by atoms with Crippen LogP contribution in [-0.4, -0.2) is 41.2 Å². The highest BCUT2D eigenvalue weighted by atomic mass is 16.6. The molecule has 1 aliphatic rings. The van der Waals surface area contributed by atoms with Crippen LogP contribution < -0.4 is 4.90 Å². The number of hydrogen-bond donors (Lipinski definition) is 0. The highest BCUT2D eigenvalue weighted by Gasteiger charge is 2.26. The summed E-state index contributed by atoms with van der Waals surface area (Å²) in [7, 11) is 0. The Balaban J connectivity index is 2.15. The van der Waals surface area contributed by atoms with Crippen LogP contribution in [0.2, 0.25) is 0 Å². The van der Waals surface area contributed by atoms with Crippen molar-refractivity contribution >= 4 is 11.9 Å². The summed E-state index contributed by atoms with van der Waals surface area (Å²) in [6.07, 6.45) is 4.86. The third-order valence-electron chi connectivity index (χ3n) is 4.26. The maximum atomic E-state index is 12.4. The second-order valence-corrected chi connectivity index (χ2v) is 7.37. The van der Waals surface area contributed by atoms with E-state index in [-0.39, 0.29) is 6.09 Å². The first-order valence-corrected chi connectivity index (χ1v) is 9.06. The van der Waals surface area contributed by atoms with Gasteiger partial charge in [-0.2, -0.15) is 0 Å². The predicted molar refractivity (Wildman–Crippen MR) is 97.3 cm³/mol. The first-order chi connectivity index (χ1) is 11.4. The van der Waals surface area contributed by atoms with Crippen LogP contribution in [0.1, 0.15) is 65.5 Å². The van der Waals surface area contributed by atoms with Crippen LogP contribution in [0.15, 0.2) is 18.3 Å². The summed E-state index contributed by atoms with van der Waals surface area (Å²) in [5.41, 5.74) is 0.729. The lowest BCUT2D eigenvalue weighted by atomic mass is 10.1. The van der Waals surface area contributed by atoms with Gasteiger partial charge >= 0.3 is 6.09 Å². The minimum Gasteiger partial charge on any atom is -0.443 e. The van der Waals surface area contributed by atoms with Crippen molar-refractivity contribution in [3.8, 4) is 0 Å². The molecule has 134 valence electrons. The van der Waals surface area contributed by atoms with Gasteiger partial charge in [0.1, 0.15) is 11.4 Å². The van der Waals surface area contributed by atoms with Crippen molar-refractivity contribution in [2.75, 3.05) is 24.5 Å². The van der Waals surface area contributed by atoms with Crippen LogP contribution in [-0.2, 0) is 4.74 Å². The number of anilines is 1. The van der Waals surface area contributed by atoms with Gasteiger partial charge in [-0.15, -0.1) is 0 Å². The average Bonchev–Trinajstić information content (AvgIpc) is 2.99. The normalized spacial score (nSPS) is 18.6. The molecule has 2 heterocycles. The Morgan fingerprint density at radius 1 is 1.38 bits per heavy atom. The molecule has 1 aromatic heterocycles. The molecule has 0 saturated carbocycles. The Hall–Kier alpha value is -1.62. The lowest BCUT2D eigenvalue weighted by Crippen LogP contribution is -2.37. The standard InChI is InChI=1S/C19H31N3O2/c1-6-12-22(18(23)24-19(3,4)5)17-11-10-15(14-20-17)16-9-8-13-21(16)7-2/h10-11,14,16H,6-9,12-13H2,1-5H3. The smallest absolute Gasteiger partial charge is 0.416 e. The summed E-state index contributed by atoms with van der Waals surface area (Å²) >= 11 is 0. The third kappa shape index (κ3) is 4.69. The van der Waals surface area contributed by atoms with E-state index < -0.39 is 5.60 Å². The maximum absolute atomic E-state index is 12.4. The Bertz CT molecular complexity index is 537. The summed E-state index contributed by atoms with van der Waals surface area (Å²) in [6, 6.07) is 4.51. The second-order valence-electron chi connectivity index (χ2n) is 7.37. The van der Waals surface area contributed by atoms with Crippen molar-refractivity contribution in [1.82, 2.24) is 9.88 Å². The van der Waals surface area contributed by atoms with Crippen molar-refractivity contribution in [3.63, 3.8) is 0 Å². The van der Waals surface area contributed by atoms with Crippen LogP contribution in [0.3, 0.4) is 0 Å². The van der Waals surface area contributed by atoms with Crippen molar-refractivity contribution in [2.45, 2.75) is 65.5 Å². The summed E-state index contributed by atoms with van der Waals surface area (Å²) < 4.78 is 5.51. The molecule has 0 radical (unpaired) electrons. The van der Waals surface area contributed by atoms with E-state index in [0.717, 1.165) is 19.5 Å². The minimum absolute atomic E-state index is 0.333.